The minimum atomic E-state index is -0.906. The van der Waals surface area contributed by atoms with Crippen molar-refractivity contribution in [3.05, 3.63) is 47.5 Å². The molecular weight excluding hydrogens is 230 g/mol. The lowest BCUT2D eigenvalue weighted by Gasteiger charge is -2.11. The van der Waals surface area contributed by atoms with Crippen LogP contribution in [0.2, 0.25) is 0 Å². The second kappa shape index (κ2) is 4.91. The van der Waals surface area contributed by atoms with Crippen LogP contribution >= 0.6 is 0 Å². The van der Waals surface area contributed by atoms with Gasteiger partial charge in [0.25, 0.3) is 0 Å². The van der Waals surface area contributed by atoms with Crippen molar-refractivity contribution in [1.29, 1.82) is 0 Å². The summed E-state index contributed by atoms with van der Waals surface area (Å²) in [6.07, 6.45) is 3.51. The molecule has 2 N–H and O–H groups in total. The number of hydrogen-bond acceptors (Lipinski definition) is 3. The van der Waals surface area contributed by atoms with Gasteiger partial charge in [-0.2, -0.15) is 0 Å². The van der Waals surface area contributed by atoms with Gasteiger partial charge in [-0.25, -0.2) is 9.78 Å². The number of carboxylic acids is 1. The van der Waals surface area contributed by atoms with Gasteiger partial charge in [-0.15, -0.1) is 0 Å². The first kappa shape index (κ1) is 12.2. The van der Waals surface area contributed by atoms with E-state index in [1.807, 2.05) is 17.7 Å². The molecule has 0 aliphatic heterocycles. The predicted molar refractivity (Wildman–Crippen MR) is 68.7 cm³/mol. The molecule has 0 aliphatic rings. The number of hydrogen-bond donors (Lipinski definition) is 2. The van der Waals surface area contributed by atoms with Gasteiger partial charge in [-0.3, -0.25) is 0 Å². The maximum absolute atomic E-state index is 11.0. The highest BCUT2D eigenvalue weighted by Crippen LogP contribution is 2.19. The lowest BCUT2D eigenvalue weighted by atomic mass is 10.1. The second-order valence-corrected chi connectivity index (χ2v) is 4.13. The zero-order valence-corrected chi connectivity index (χ0v) is 10.3. The van der Waals surface area contributed by atoms with Gasteiger partial charge in [-0.1, -0.05) is 6.07 Å². The van der Waals surface area contributed by atoms with E-state index >= 15 is 0 Å². The first-order chi connectivity index (χ1) is 8.59. The van der Waals surface area contributed by atoms with Crippen LogP contribution in [0.3, 0.4) is 0 Å². The lowest BCUT2D eigenvalue weighted by Crippen LogP contribution is -2.07. The van der Waals surface area contributed by atoms with E-state index < -0.39 is 5.97 Å². The molecule has 2 aromatic rings. The summed E-state index contributed by atoms with van der Waals surface area (Å²) in [6.45, 7) is 2.41. The van der Waals surface area contributed by atoms with Crippen LogP contribution in [-0.2, 0) is 13.6 Å². The first-order valence-electron chi connectivity index (χ1n) is 5.61. The number of benzene rings is 1. The monoisotopic (exact) mass is 245 g/mol. The second-order valence-electron chi connectivity index (χ2n) is 4.13. The summed E-state index contributed by atoms with van der Waals surface area (Å²) in [7, 11) is 1.92. The average Bonchev–Trinajstić information content (AvgIpc) is 2.73. The van der Waals surface area contributed by atoms with Gasteiger partial charge < -0.3 is 15.0 Å². The fraction of sp³-hybridized carbons (Fsp3) is 0.231. The van der Waals surface area contributed by atoms with Gasteiger partial charge in [0.15, 0.2) is 0 Å². The summed E-state index contributed by atoms with van der Waals surface area (Å²) in [4.78, 5) is 15.1. The molecule has 2 rings (SSSR count). The number of aryl methyl sites for hydroxylation is 1. The van der Waals surface area contributed by atoms with Crippen LogP contribution in [0.5, 0.6) is 0 Å². The third-order valence-electron chi connectivity index (χ3n) is 2.94. The van der Waals surface area contributed by atoms with Crippen LogP contribution in [0.25, 0.3) is 0 Å². The Kier molecular flexibility index (Phi) is 3.32. The number of nitrogens with one attached hydrogen (secondary N) is 1. The van der Waals surface area contributed by atoms with E-state index in [1.165, 1.54) is 0 Å². The van der Waals surface area contributed by atoms with Crippen LogP contribution < -0.4 is 5.32 Å². The molecule has 0 bridgehead atoms. The molecule has 1 aromatic heterocycles. The maximum atomic E-state index is 11.0. The summed E-state index contributed by atoms with van der Waals surface area (Å²) >= 11 is 0. The number of anilines is 1. The predicted octanol–water partition coefficient (Wildman–Crippen LogP) is 2.04. The Morgan fingerprint density at radius 3 is 2.89 bits per heavy atom. The van der Waals surface area contributed by atoms with Gasteiger partial charge >= 0.3 is 5.97 Å². The number of nitrogens with zero attached hydrogens (tertiary/aromatic N) is 2. The van der Waals surface area contributed by atoms with E-state index in [9.17, 15) is 4.79 Å². The molecule has 0 fully saturated rings. The van der Waals surface area contributed by atoms with Crippen molar-refractivity contribution in [1.82, 2.24) is 9.55 Å². The third kappa shape index (κ3) is 2.34. The number of carboxylic acid groups (broad SMARTS) is 1. The Hall–Kier alpha value is -2.30. The van der Waals surface area contributed by atoms with E-state index in [0.717, 1.165) is 16.9 Å². The average molecular weight is 245 g/mol. The van der Waals surface area contributed by atoms with E-state index in [1.54, 1.807) is 31.6 Å². The Morgan fingerprint density at radius 1 is 1.50 bits per heavy atom. The first-order valence-corrected chi connectivity index (χ1v) is 5.61. The van der Waals surface area contributed by atoms with Crippen LogP contribution in [0.4, 0.5) is 5.69 Å². The minimum Gasteiger partial charge on any atom is -0.478 e. The van der Waals surface area contributed by atoms with Gasteiger partial charge in [0.1, 0.15) is 0 Å². The van der Waals surface area contributed by atoms with E-state index in [2.05, 4.69) is 10.3 Å². The van der Waals surface area contributed by atoms with Crippen molar-refractivity contribution in [2.24, 2.45) is 7.05 Å². The number of aromatic carboxylic acids is 1. The summed E-state index contributed by atoms with van der Waals surface area (Å²) in [5.74, 6) is -0.906. The molecule has 18 heavy (non-hydrogen) atoms. The fourth-order valence-corrected chi connectivity index (χ4v) is 1.80. The third-order valence-corrected chi connectivity index (χ3v) is 2.94. The summed E-state index contributed by atoms with van der Waals surface area (Å²) in [6, 6.07) is 5.22. The zero-order chi connectivity index (χ0) is 13.1. The van der Waals surface area contributed by atoms with Crippen LogP contribution in [0, 0.1) is 6.92 Å². The van der Waals surface area contributed by atoms with Crippen LogP contribution in [-0.4, -0.2) is 20.6 Å². The largest absolute Gasteiger partial charge is 0.478 e. The van der Waals surface area contributed by atoms with Crippen molar-refractivity contribution in [2.45, 2.75) is 13.5 Å². The summed E-state index contributed by atoms with van der Waals surface area (Å²) < 4.78 is 1.92. The Labute approximate surface area is 105 Å². The molecule has 5 heteroatoms. The van der Waals surface area contributed by atoms with E-state index in [4.69, 9.17) is 5.11 Å². The number of carbonyl (C=O) groups is 1. The molecule has 5 nitrogen and oxygen atoms in total. The molecule has 0 radical (unpaired) electrons. The summed E-state index contributed by atoms with van der Waals surface area (Å²) in [5, 5.41) is 12.3. The lowest BCUT2D eigenvalue weighted by molar-refractivity contribution is 0.0696. The highest BCUT2D eigenvalue weighted by atomic mass is 16.4. The SMILES string of the molecule is Cc1c(NCc2cncn2C)cccc1C(=O)O. The molecule has 0 saturated carbocycles. The topological polar surface area (TPSA) is 67.2 Å². The van der Waals surface area contributed by atoms with Gasteiger partial charge in [0.05, 0.1) is 24.1 Å². The molecule has 0 atom stereocenters. The van der Waals surface area contributed by atoms with Crippen molar-refractivity contribution in [2.75, 3.05) is 5.32 Å². The quantitative estimate of drug-likeness (QED) is 0.865. The van der Waals surface area contributed by atoms with E-state index in [0.29, 0.717) is 12.1 Å². The normalized spacial score (nSPS) is 10.3. The number of rotatable bonds is 4. The molecule has 0 unspecified atom stereocenters. The molecule has 0 aliphatic carbocycles. The number of aromatic nitrogens is 2. The van der Waals surface area contributed by atoms with Crippen molar-refractivity contribution >= 4 is 11.7 Å². The molecule has 0 spiro atoms. The maximum Gasteiger partial charge on any atom is 0.336 e. The molecular formula is C13H15N3O2. The molecule has 0 amide bonds. The smallest absolute Gasteiger partial charge is 0.336 e. The Morgan fingerprint density at radius 2 is 2.28 bits per heavy atom. The molecule has 94 valence electrons. The standard InChI is InChI=1S/C13H15N3O2/c1-9-11(13(17)18)4-3-5-12(9)15-7-10-6-14-8-16(10)2/h3-6,8,15H,7H2,1-2H3,(H,17,18). The van der Waals surface area contributed by atoms with Gasteiger partial charge in [0, 0.05) is 18.9 Å². The fourth-order valence-electron chi connectivity index (χ4n) is 1.80. The van der Waals surface area contributed by atoms with Gasteiger partial charge in [0.2, 0.25) is 0 Å². The number of imidazole rings is 1. The summed E-state index contributed by atoms with van der Waals surface area (Å²) in [5.41, 5.74) is 2.93. The highest BCUT2D eigenvalue weighted by Gasteiger charge is 2.09. The minimum absolute atomic E-state index is 0.324. The Balaban J connectivity index is 2.17. The van der Waals surface area contributed by atoms with Crippen LogP contribution in [0.15, 0.2) is 30.7 Å². The molecule has 1 heterocycles. The molecule has 1 aromatic carbocycles. The van der Waals surface area contributed by atoms with Crippen molar-refractivity contribution in [3.63, 3.8) is 0 Å². The van der Waals surface area contributed by atoms with Crippen molar-refractivity contribution < 1.29 is 9.90 Å². The van der Waals surface area contributed by atoms with Crippen molar-refractivity contribution in [3.8, 4) is 0 Å². The molecule has 0 saturated heterocycles. The highest BCUT2D eigenvalue weighted by molar-refractivity contribution is 5.91. The van der Waals surface area contributed by atoms with Crippen LogP contribution in [0.1, 0.15) is 21.6 Å². The Bertz CT molecular complexity index is 575. The van der Waals surface area contributed by atoms with E-state index in [-0.39, 0.29) is 0 Å². The zero-order valence-electron chi connectivity index (χ0n) is 10.3. The van der Waals surface area contributed by atoms with Gasteiger partial charge in [-0.05, 0) is 24.6 Å².